The summed E-state index contributed by atoms with van der Waals surface area (Å²) in [6.07, 6.45) is 1.27. The topological polar surface area (TPSA) is 16.1 Å². The lowest BCUT2D eigenvalue weighted by molar-refractivity contribution is 0.659. The molecule has 0 amide bonds. The van der Waals surface area contributed by atoms with Crippen LogP contribution in [0.2, 0.25) is 0 Å². The summed E-state index contributed by atoms with van der Waals surface area (Å²) in [6, 6.07) is 10.5. The molecular weight excluding hydrogens is 244 g/mol. The van der Waals surface area contributed by atoms with Gasteiger partial charge in [-0.15, -0.1) is 11.6 Å². The van der Waals surface area contributed by atoms with Gasteiger partial charge >= 0.3 is 0 Å². The zero-order valence-electron chi connectivity index (χ0n) is 10.6. The minimum Gasteiger partial charge on any atom is -0.371 e. The second kappa shape index (κ2) is 4.77. The number of anilines is 1. The van der Waals surface area contributed by atoms with Crippen LogP contribution in [0, 0.1) is 5.92 Å². The quantitative estimate of drug-likeness (QED) is 0.763. The van der Waals surface area contributed by atoms with Gasteiger partial charge in [0.2, 0.25) is 0 Å². The minimum atomic E-state index is 0.473. The molecule has 1 aromatic carbocycles. The van der Waals surface area contributed by atoms with Crippen molar-refractivity contribution in [2.75, 3.05) is 18.0 Å². The molecule has 2 heterocycles. The molecule has 1 atom stereocenters. The normalized spacial score (nSPS) is 19.7. The van der Waals surface area contributed by atoms with Crippen molar-refractivity contribution in [3.63, 3.8) is 0 Å². The first-order valence-corrected chi connectivity index (χ1v) is 7.01. The van der Waals surface area contributed by atoms with Crippen LogP contribution < -0.4 is 4.90 Å². The van der Waals surface area contributed by atoms with E-state index in [0.717, 1.165) is 30.2 Å². The Morgan fingerprint density at radius 2 is 2.22 bits per heavy atom. The fourth-order valence-electron chi connectivity index (χ4n) is 2.69. The van der Waals surface area contributed by atoms with Gasteiger partial charge in [0.25, 0.3) is 0 Å². The molecule has 3 rings (SSSR count). The van der Waals surface area contributed by atoms with E-state index < -0.39 is 0 Å². The summed E-state index contributed by atoms with van der Waals surface area (Å²) in [4.78, 5) is 7.05. The number of pyridine rings is 1. The van der Waals surface area contributed by atoms with Crippen molar-refractivity contribution >= 4 is 28.2 Å². The molecule has 18 heavy (non-hydrogen) atoms. The molecular formula is C15H17ClN2. The molecule has 1 aliphatic heterocycles. The zero-order valence-corrected chi connectivity index (χ0v) is 11.3. The van der Waals surface area contributed by atoms with Gasteiger partial charge < -0.3 is 4.90 Å². The molecule has 94 valence electrons. The van der Waals surface area contributed by atoms with E-state index in [0.29, 0.717) is 5.88 Å². The van der Waals surface area contributed by atoms with Gasteiger partial charge in [0.1, 0.15) is 0 Å². The van der Waals surface area contributed by atoms with Crippen molar-refractivity contribution in [2.24, 2.45) is 5.92 Å². The first-order valence-electron chi connectivity index (χ1n) is 6.47. The third kappa shape index (κ3) is 2.05. The minimum absolute atomic E-state index is 0.473. The third-order valence-corrected chi connectivity index (χ3v) is 3.92. The molecule has 0 bridgehead atoms. The third-order valence-electron chi connectivity index (χ3n) is 3.65. The van der Waals surface area contributed by atoms with Gasteiger partial charge in [-0.25, -0.2) is 0 Å². The lowest BCUT2D eigenvalue weighted by Crippen LogP contribution is -2.19. The maximum atomic E-state index is 5.95. The average Bonchev–Trinajstić information content (AvgIpc) is 2.84. The maximum Gasteiger partial charge on any atom is 0.0726 e. The van der Waals surface area contributed by atoms with Crippen LogP contribution in [0.3, 0.4) is 0 Å². The number of hydrogen-bond donors (Lipinski definition) is 0. The zero-order chi connectivity index (χ0) is 12.5. The first kappa shape index (κ1) is 11.8. The van der Waals surface area contributed by atoms with Gasteiger partial charge in [0.05, 0.1) is 17.1 Å². The Kier molecular flexibility index (Phi) is 3.13. The Balaban J connectivity index is 2.13. The lowest BCUT2D eigenvalue weighted by Gasteiger charge is -2.21. The van der Waals surface area contributed by atoms with Gasteiger partial charge in [0.15, 0.2) is 0 Å². The van der Waals surface area contributed by atoms with Crippen LogP contribution in [-0.2, 0) is 5.88 Å². The van der Waals surface area contributed by atoms with Crippen LogP contribution in [0.15, 0.2) is 30.3 Å². The number of aromatic nitrogens is 1. The van der Waals surface area contributed by atoms with Gasteiger partial charge in [-0.2, -0.15) is 0 Å². The van der Waals surface area contributed by atoms with Crippen molar-refractivity contribution in [3.05, 3.63) is 36.0 Å². The molecule has 0 N–H and O–H groups in total. The Labute approximate surface area is 113 Å². The van der Waals surface area contributed by atoms with E-state index in [1.807, 2.05) is 6.07 Å². The van der Waals surface area contributed by atoms with Crippen molar-refractivity contribution in [1.82, 2.24) is 4.98 Å². The molecule has 0 radical (unpaired) electrons. The van der Waals surface area contributed by atoms with Crippen LogP contribution >= 0.6 is 11.6 Å². The van der Waals surface area contributed by atoms with Gasteiger partial charge in [-0.3, -0.25) is 4.98 Å². The van der Waals surface area contributed by atoms with E-state index in [1.165, 1.54) is 17.5 Å². The molecule has 2 aromatic rings. The van der Waals surface area contributed by atoms with Crippen LogP contribution in [0.4, 0.5) is 5.69 Å². The first-order chi connectivity index (χ1) is 8.78. The average molecular weight is 261 g/mol. The summed E-state index contributed by atoms with van der Waals surface area (Å²) in [6.45, 7) is 4.58. The van der Waals surface area contributed by atoms with Crippen molar-refractivity contribution < 1.29 is 0 Å². The lowest BCUT2D eigenvalue weighted by atomic mass is 10.1. The van der Waals surface area contributed by atoms with Gasteiger partial charge in [-0.05, 0) is 24.5 Å². The number of para-hydroxylation sites is 1. The predicted molar refractivity (Wildman–Crippen MR) is 77.3 cm³/mol. The molecule has 0 aliphatic carbocycles. The fraction of sp³-hybridized carbons (Fsp3) is 0.400. The van der Waals surface area contributed by atoms with E-state index in [1.54, 1.807) is 0 Å². The summed E-state index contributed by atoms with van der Waals surface area (Å²) in [5.74, 6) is 1.25. The number of halogens is 1. The Morgan fingerprint density at radius 1 is 1.39 bits per heavy atom. The summed E-state index contributed by atoms with van der Waals surface area (Å²) in [5, 5.41) is 1.24. The standard InChI is InChI=1S/C15H17ClN2/c1-11-6-7-18(10-11)15-8-12(9-16)17-14-5-3-2-4-13(14)15/h2-5,8,11H,6-7,9-10H2,1H3. The Hall–Kier alpha value is -1.28. The highest BCUT2D eigenvalue weighted by Crippen LogP contribution is 2.31. The van der Waals surface area contributed by atoms with Gasteiger partial charge in [-0.1, -0.05) is 25.1 Å². The van der Waals surface area contributed by atoms with Crippen molar-refractivity contribution in [2.45, 2.75) is 19.2 Å². The van der Waals surface area contributed by atoms with E-state index in [4.69, 9.17) is 11.6 Å². The fourth-order valence-corrected chi connectivity index (χ4v) is 2.83. The number of fused-ring (bicyclic) bond motifs is 1. The number of alkyl halides is 1. The maximum absolute atomic E-state index is 5.95. The molecule has 1 aromatic heterocycles. The Bertz CT molecular complexity index is 567. The summed E-state index contributed by atoms with van der Waals surface area (Å²) >= 11 is 5.95. The molecule has 3 heteroatoms. The largest absolute Gasteiger partial charge is 0.371 e. The second-order valence-corrected chi connectivity index (χ2v) is 5.39. The summed E-state index contributed by atoms with van der Waals surface area (Å²) in [5.41, 5.74) is 3.30. The van der Waals surface area contributed by atoms with Crippen molar-refractivity contribution in [1.29, 1.82) is 0 Å². The molecule has 1 fully saturated rings. The van der Waals surface area contributed by atoms with Crippen LogP contribution in [0.5, 0.6) is 0 Å². The highest BCUT2D eigenvalue weighted by atomic mass is 35.5. The number of hydrogen-bond acceptors (Lipinski definition) is 2. The van der Waals surface area contributed by atoms with Crippen LogP contribution in [0.1, 0.15) is 19.0 Å². The summed E-state index contributed by atoms with van der Waals surface area (Å²) in [7, 11) is 0. The molecule has 0 saturated carbocycles. The molecule has 0 spiro atoms. The highest BCUT2D eigenvalue weighted by Gasteiger charge is 2.21. The van der Waals surface area contributed by atoms with Crippen LogP contribution in [-0.4, -0.2) is 18.1 Å². The second-order valence-electron chi connectivity index (χ2n) is 5.12. The van der Waals surface area contributed by atoms with Gasteiger partial charge in [0, 0.05) is 24.2 Å². The number of rotatable bonds is 2. The number of benzene rings is 1. The summed E-state index contributed by atoms with van der Waals surface area (Å²) < 4.78 is 0. The van der Waals surface area contributed by atoms with E-state index in [-0.39, 0.29) is 0 Å². The van der Waals surface area contributed by atoms with Crippen LogP contribution in [0.25, 0.3) is 10.9 Å². The molecule has 1 aliphatic rings. The molecule has 2 nitrogen and oxygen atoms in total. The monoisotopic (exact) mass is 260 g/mol. The van der Waals surface area contributed by atoms with Crippen molar-refractivity contribution in [3.8, 4) is 0 Å². The molecule has 1 saturated heterocycles. The van der Waals surface area contributed by atoms with E-state index in [2.05, 4.69) is 41.1 Å². The van der Waals surface area contributed by atoms with E-state index >= 15 is 0 Å². The smallest absolute Gasteiger partial charge is 0.0726 e. The molecule has 1 unspecified atom stereocenters. The SMILES string of the molecule is CC1CCN(c2cc(CCl)nc3ccccc23)C1. The number of nitrogens with zero attached hydrogens (tertiary/aromatic N) is 2. The predicted octanol–water partition coefficient (Wildman–Crippen LogP) is 3.82. The Morgan fingerprint density at radius 3 is 2.94 bits per heavy atom. The van der Waals surface area contributed by atoms with E-state index in [9.17, 15) is 0 Å². The highest BCUT2D eigenvalue weighted by molar-refractivity contribution is 6.17.